The average Bonchev–Trinajstić information content (AvgIpc) is 2.97. The standard InChI is InChI=1S/C24H45NO3/c1-5-6-10-13-20(26)15-16-22-21(23(27)18-24(22)28-4)14-11-8-7-9-12-17-25-19(2)3/h8,11,15-16,19-27H,5-7,9-10,12-14,17-18H2,1-4H3. The van der Waals surface area contributed by atoms with E-state index in [1.54, 1.807) is 7.11 Å². The van der Waals surface area contributed by atoms with Crippen molar-refractivity contribution in [2.24, 2.45) is 11.8 Å². The van der Waals surface area contributed by atoms with E-state index >= 15 is 0 Å². The minimum atomic E-state index is -0.391. The van der Waals surface area contributed by atoms with Crippen LogP contribution in [-0.2, 0) is 4.74 Å². The van der Waals surface area contributed by atoms with Gasteiger partial charge in [-0.1, -0.05) is 64.3 Å². The first-order valence-corrected chi connectivity index (χ1v) is 11.4. The molecule has 4 heteroatoms. The number of nitrogens with one attached hydrogen (secondary N) is 1. The number of aliphatic hydroxyl groups excluding tert-OH is 2. The molecule has 28 heavy (non-hydrogen) atoms. The van der Waals surface area contributed by atoms with Gasteiger partial charge in [0.2, 0.25) is 0 Å². The van der Waals surface area contributed by atoms with Crippen molar-refractivity contribution < 1.29 is 14.9 Å². The number of allylic oxidation sites excluding steroid dienone is 2. The normalized spacial score (nSPS) is 26.8. The van der Waals surface area contributed by atoms with Crippen molar-refractivity contribution in [1.82, 2.24) is 5.32 Å². The fourth-order valence-electron chi connectivity index (χ4n) is 4.04. The molecule has 0 radical (unpaired) electrons. The van der Waals surface area contributed by atoms with Crippen LogP contribution in [0.2, 0.25) is 0 Å². The molecule has 0 aromatic rings. The van der Waals surface area contributed by atoms with Crippen LogP contribution in [0.4, 0.5) is 0 Å². The Morgan fingerprint density at radius 3 is 2.61 bits per heavy atom. The third-order valence-corrected chi connectivity index (χ3v) is 5.78. The van der Waals surface area contributed by atoms with E-state index in [4.69, 9.17) is 4.74 Å². The molecule has 5 unspecified atom stereocenters. The molecule has 0 heterocycles. The highest BCUT2D eigenvalue weighted by Gasteiger charge is 2.40. The van der Waals surface area contributed by atoms with Gasteiger partial charge in [0.25, 0.3) is 0 Å². The van der Waals surface area contributed by atoms with Gasteiger partial charge < -0.3 is 20.3 Å². The second-order valence-electron chi connectivity index (χ2n) is 8.58. The molecule has 0 spiro atoms. The summed E-state index contributed by atoms with van der Waals surface area (Å²) in [7, 11) is 1.72. The highest BCUT2D eigenvalue weighted by molar-refractivity contribution is 5.06. The summed E-state index contributed by atoms with van der Waals surface area (Å²) in [6.07, 6.45) is 17.0. The van der Waals surface area contributed by atoms with E-state index in [1.165, 1.54) is 19.3 Å². The predicted molar refractivity (Wildman–Crippen MR) is 118 cm³/mol. The summed E-state index contributed by atoms with van der Waals surface area (Å²) in [6.45, 7) is 7.60. The monoisotopic (exact) mass is 395 g/mol. The molecule has 164 valence electrons. The fourth-order valence-corrected chi connectivity index (χ4v) is 4.04. The largest absolute Gasteiger partial charge is 0.393 e. The lowest BCUT2D eigenvalue weighted by Crippen LogP contribution is -2.23. The van der Waals surface area contributed by atoms with Crippen LogP contribution in [0.25, 0.3) is 0 Å². The summed E-state index contributed by atoms with van der Waals surface area (Å²) in [4.78, 5) is 0. The third kappa shape index (κ3) is 10.2. The van der Waals surface area contributed by atoms with Crippen LogP contribution >= 0.6 is 0 Å². The molecule has 1 aliphatic carbocycles. The lowest BCUT2D eigenvalue weighted by atomic mass is 9.89. The van der Waals surface area contributed by atoms with Crippen molar-refractivity contribution in [3.63, 3.8) is 0 Å². The van der Waals surface area contributed by atoms with E-state index in [0.717, 1.165) is 38.6 Å². The van der Waals surface area contributed by atoms with Gasteiger partial charge in [0.05, 0.1) is 18.3 Å². The maximum absolute atomic E-state index is 10.5. The zero-order valence-electron chi connectivity index (χ0n) is 18.6. The Hall–Kier alpha value is -0.680. The molecule has 0 aliphatic heterocycles. The molecule has 5 atom stereocenters. The molecule has 0 bridgehead atoms. The lowest BCUT2D eigenvalue weighted by Gasteiger charge is -2.21. The minimum Gasteiger partial charge on any atom is -0.393 e. The number of aliphatic hydroxyl groups is 2. The Morgan fingerprint density at radius 1 is 1.14 bits per heavy atom. The van der Waals surface area contributed by atoms with E-state index < -0.39 is 6.10 Å². The average molecular weight is 396 g/mol. The van der Waals surface area contributed by atoms with Crippen molar-refractivity contribution in [2.45, 2.75) is 103 Å². The predicted octanol–water partition coefficient (Wildman–Crippen LogP) is 4.61. The molecular weight excluding hydrogens is 350 g/mol. The molecule has 0 saturated heterocycles. The lowest BCUT2D eigenvalue weighted by molar-refractivity contribution is 0.0746. The van der Waals surface area contributed by atoms with Crippen molar-refractivity contribution in [3.8, 4) is 0 Å². The summed E-state index contributed by atoms with van der Waals surface area (Å²) in [6, 6.07) is 0.559. The third-order valence-electron chi connectivity index (χ3n) is 5.78. The highest BCUT2D eigenvalue weighted by Crippen LogP contribution is 2.38. The Bertz CT molecular complexity index is 436. The summed E-state index contributed by atoms with van der Waals surface area (Å²) in [5.74, 6) is 0.337. The fraction of sp³-hybridized carbons (Fsp3) is 0.833. The van der Waals surface area contributed by atoms with Crippen molar-refractivity contribution in [1.29, 1.82) is 0 Å². The molecule has 1 saturated carbocycles. The molecule has 0 amide bonds. The van der Waals surface area contributed by atoms with Crippen molar-refractivity contribution >= 4 is 0 Å². The van der Waals surface area contributed by atoms with Gasteiger partial charge >= 0.3 is 0 Å². The number of ether oxygens (including phenoxy) is 1. The first-order chi connectivity index (χ1) is 13.5. The van der Waals surface area contributed by atoms with Crippen LogP contribution in [0.15, 0.2) is 24.3 Å². The highest BCUT2D eigenvalue weighted by atomic mass is 16.5. The molecule has 3 N–H and O–H groups in total. The Balaban J connectivity index is 2.44. The quantitative estimate of drug-likeness (QED) is 0.280. The number of hydrogen-bond acceptors (Lipinski definition) is 4. The van der Waals surface area contributed by atoms with Crippen molar-refractivity contribution in [3.05, 3.63) is 24.3 Å². The Morgan fingerprint density at radius 2 is 1.93 bits per heavy atom. The van der Waals surface area contributed by atoms with Gasteiger partial charge in [-0.15, -0.1) is 0 Å². The van der Waals surface area contributed by atoms with E-state index in [9.17, 15) is 10.2 Å². The van der Waals surface area contributed by atoms with E-state index in [1.807, 2.05) is 6.08 Å². The van der Waals surface area contributed by atoms with Crippen LogP contribution in [0.5, 0.6) is 0 Å². The zero-order chi connectivity index (χ0) is 20.8. The maximum Gasteiger partial charge on any atom is 0.0721 e. The summed E-state index contributed by atoms with van der Waals surface area (Å²) in [5, 5.41) is 24.1. The van der Waals surface area contributed by atoms with Crippen LogP contribution in [0, 0.1) is 11.8 Å². The van der Waals surface area contributed by atoms with Gasteiger partial charge in [-0.25, -0.2) is 0 Å². The number of methoxy groups -OCH3 is 1. The smallest absolute Gasteiger partial charge is 0.0721 e. The minimum absolute atomic E-state index is 0.0367. The molecule has 1 aliphatic rings. The van der Waals surface area contributed by atoms with Crippen LogP contribution < -0.4 is 5.32 Å². The molecule has 1 fully saturated rings. The second kappa shape index (κ2) is 15.2. The van der Waals surface area contributed by atoms with Gasteiger partial charge in [-0.2, -0.15) is 0 Å². The number of rotatable bonds is 15. The molecule has 4 nitrogen and oxygen atoms in total. The van der Waals surface area contributed by atoms with Crippen LogP contribution in [0.3, 0.4) is 0 Å². The molecule has 0 aromatic heterocycles. The van der Waals surface area contributed by atoms with Crippen molar-refractivity contribution in [2.75, 3.05) is 13.7 Å². The molecule has 1 rings (SSSR count). The van der Waals surface area contributed by atoms with Crippen LogP contribution in [-0.4, -0.2) is 48.2 Å². The Kier molecular flexibility index (Phi) is 13.8. The molecular formula is C24H45NO3. The van der Waals surface area contributed by atoms with Gasteiger partial charge in [0.15, 0.2) is 0 Å². The second-order valence-corrected chi connectivity index (χ2v) is 8.58. The van der Waals surface area contributed by atoms with Crippen LogP contribution in [0.1, 0.15) is 78.6 Å². The SMILES string of the molecule is CCCCCC(O)C=CC1C(OC)CC(O)C1CC=CCCCCNC(C)C. The van der Waals surface area contributed by atoms with Gasteiger partial charge in [-0.05, 0) is 44.6 Å². The summed E-state index contributed by atoms with van der Waals surface area (Å²) < 4.78 is 5.62. The van der Waals surface area contributed by atoms with Gasteiger partial charge in [0.1, 0.15) is 0 Å². The van der Waals surface area contributed by atoms with E-state index in [0.29, 0.717) is 12.5 Å². The Labute approximate surface area is 173 Å². The maximum atomic E-state index is 10.5. The molecule has 0 aromatic carbocycles. The van der Waals surface area contributed by atoms with E-state index in [2.05, 4.69) is 44.3 Å². The summed E-state index contributed by atoms with van der Waals surface area (Å²) >= 11 is 0. The number of hydrogen-bond donors (Lipinski definition) is 3. The van der Waals surface area contributed by atoms with Gasteiger partial charge in [-0.3, -0.25) is 0 Å². The first-order valence-electron chi connectivity index (χ1n) is 11.4. The number of unbranched alkanes of at least 4 members (excludes halogenated alkanes) is 4. The topological polar surface area (TPSA) is 61.7 Å². The van der Waals surface area contributed by atoms with E-state index in [-0.39, 0.29) is 24.0 Å². The van der Waals surface area contributed by atoms with Gasteiger partial charge in [0, 0.05) is 25.5 Å². The zero-order valence-corrected chi connectivity index (χ0v) is 18.6. The summed E-state index contributed by atoms with van der Waals surface area (Å²) in [5.41, 5.74) is 0. The first kappa shape index (κ1) is 25.4.